The fraction of sp³-hybridized carbons (Fsp3) is 0.316. The van der Waals surface area contributed by atoms with Gasteiger partial charge in [-0.05, 0) is 25.5 Å². The van der Waals surface area contributed by atoms with Gasteiger partial charge in [-0.25, -0.2) is 0 Å². The molecule has 0 saturated carbocycles. The van der Waals surface area contributed by atoms with Crippen LogP contribution in [-0.4, -0.2) is 30.8 Å². The van der Waals surface area contributed by atoms with E-state index >= 15 is 0 Å². The molecule has 1 atom stereocenters. The highest BCUT2D eigenvalue weighted by Crippen LogP contribution is 2.22. The van der Waals surface area contributed by atoms with Gasteiger partial charge in [-0.2, -0.15) is 0 Å². The van der Waals surface area contributed by atoms with Crippen molar-refractivity contribution in [2.24, 2.45) is 4.99 Å². The van der Waals surface area contributed by atoms with Gasteiger partial charge < -0.3 is 10.0 Å². The summed E-state index contributed by atoms with van der Waals surface area (Å²) in [5.41, 5.74) is 1.10. The number of benzene rings is 2. The number of nitro groups is 1. The van der Waals surface area contributed by atoms with Crippen molar-refractivity contribution in [1.29, 1.82) is 0 Å². The standard InChI is InChI=1S/C19H22ClN3O3/c1-3-22(4-2)18(16-7-5-6-8-17(16)20)13-21-12-14-11-15(23(25)26)9-10-19(14)24/h5-12,18,24H,3-4,13H2,1-2H3/t18-/m0/s1. The lowest BCUT2D eigenvalue weighted by molar-refractivity contribution is -0.926. The highest BCUT2D eigenvalue weighted by Gasteiger charge is 2.23. The van der Waals surface area contributed by atoms with Gasteiger partial charge in [0, 0.05) is 28.9 Å². The second kappa shape index (κ2) is 9.31. The Hall–Kier alpha value is -2.44. The van der Waals surface area contributed by atoms with Crippen molar-refractivity contribution >= 4 is 23.5 Å². The van der Waals surface area contributed by atoms with Gasteiger partial charge in [0.2, 0.25) is 0 Å². The number of hydrogen-bond acceptors (Lipinski definition) is 4. The Morgan fingerprint density at radius 3 is 2.54 bits per heavy atom. The molecule has 0 aliphatic carbocycles. The third-order valence-electron chi connectivity index (χ3n) is 4.40. The summed E-state index contributed by atoms with van der Waals surface area (Å²) in [5.74, 6) is -0.288. The quantitative estimate of drug-likeness (QED) is 0.437. The molecule has 0 radical (unpaired) electrons. The number of nitrogens with zero attached hydrogens (tertiary/aromatic N) is 2. The van der Waals surface area contributed by atoms with Crippen LogP contribution in [0.15, 0.2) is 47.5 Å². The number of halogens is 1. The maximum absolute atomic E-state index is 11.9. The Bertz CT molecular complexity index is 791. The Labute approximate surface area is 157 Å². The second-order valence-electron chi connectivity index (χ2n) is 5.91. The molecule has 6 nitrogen and oxygen atoms in total. The molecule has 7 heteroatoms. The van der Waals surface area contributed by atoms with E-state index in [2.05, 4.69) is 18.8 Å². The topological polar surface area (TPSA) is 83.0 Å². The number of hydrogen-bond donors (Lipinski definition) is 1. The van der Waals surface area contributed by atoms with E-state index in [0.29, 0.717) is 11.6 Å². The van der Waals surface area contributed by atoms with Gasteiger partial charge in [-0.15, -0.1) is 0 Å². The zero-order valence-electron chi connectivity index (χ0n) is 14.8. The van der Waals surface area contributed by atoms with Crippen molar-refractivity contribution in [3.8, 4) is 5.75 Å². The van der Waals surface area contributed by atoms with E-state index in [4.69, 9.17) is 11.6 Å². The summed E-state index contributed by atoms with van der Waals surface area (Å²) < 4.78 is 0. The van der Waals surface area contributed by atoms with Gasteiger partial charge in [0.25, 0.3) is 5.69 Å². The van der Waals surface area contributed by atoms with E-state index < -0.39 is 4.92 Å². The maximum Gasteiger partial charge on any atom is 0.270 e. The fourth-order valence-electron chi connectivity index (χ4n) is 2.95. The molecule has 0 spiro atoms. The molecule has 0 fully saturated rings. The predicted octanol–water partition coefficient (Wildman–Crippen LogP) is 2.41. The molecule has 2 aromatic rings. The molecule has 0 amide bonds. The van der Waals surface area contributed by atoms with Crippen molar-refractivity contribution in [3.05, 3.63) is 68.7 Å². The summed E-state index contributed by atoms with van der Waals surface area (Å²) in [6.07, 6.45) is 1.42. The van der Waals surface area contributed by atoms with Crippen LogP contribution < -0.4 is 10.0 Å². The molecule has 2 aromatic carbocycles. The van der Waals surface area contributed by atoms with Crippen LogP contribution in [0.3, 0.4) is 0 Å². The minimum absolute atomic E-state index is 0.0451. The predicted molar refractivity (Wildman–Crippen MR) is 101 cm³/mol. The molecular weight excluding hydrogens is 354 g/mol. The molecule has 2 rings (SSSR count). The van der Waals surface area contributed by atoms with Crippen LogP contribution in [0.25, 0.3) is 0 Å². The van der Waals surface area contributed by atoms with Crippen molar-refractivity contribution < 1.29 is 14.9 Å². The fourth-order valence-corrected chi connectivity index (χ4v) is 3.22. The van der Waals surface area contributed by atoms with Gasteiger partial charge in [0.1, 0.15) is 6.04 Å². The molecule has 0 bridgehead atoms. The third kappa shape index (κ3) is 4.80. The number of quaternary nitrogens is 1. The third-order valence-corrected chi connectivity index (χ3v) is 4.75. The van der Waals surface area contributed by atoms with E-state index in [1.54, 1.807) is 0 Å². The molecular formula is C19H22ClN3O3. The van der Waals surface area contributed by atoms with E-state index in [9.17, 15) is 15.2 Å². The number of nitrogens with one attached hydrogen (secondary N) is 1. The summed E-state index contributed by atoms with van der Waals surface area (Å²) in [6, 6.07) is 11.4. The smallest absolute Gasteiger partial charge is 0.270 e. The van der Waals surface area contributed by atoms with Crippen LogP contribution in [0, 0.1) is 10.1 Å². The minimum atomic E-state index is -0.524. The van der Waals surface area contributed by atoms with Crippen molar-refractivity contribution in [2.45, 2.75) is 19.9 Å². The summed E-state index contributed by atoms with van der Waals surface area (Å²) >= 11 is 6.36. The lowest BCUT2D eigenvalue weighted by atomic mass is 10.0. The van der Waals surface area contributed by atoms with Crippen LogP contribution in [0.5, 0.6) is 5.75 Å². The zero-order chi connectivity index (χ0) is 19.1. The van der Waals surface area contributed by atoms with Crippen molar-refractivity contribution in [1.82, 2.24) is 0 Å². The summed E-state index contributed by atoms with van der Waals surface area (Å²) in [7, 11) is 0. The molecule has 0 saturated heterocycles. The number of non-ortho nitro benzene ring substituents is 1. The molecule has 0 heterocycles. The molecule has 1 N–H and O–H groups in total. The minimum Gasteiger partial charge on any atom is -0.872 e. The van der Waals surface area contributed by atoms with Gasteiger partial charge in [0.15, 0.2) is 0 Å². The van der Waals surface area contributed by atoms with Gasteiger partial charge in [-0.1, -0.05) is 41.6 Å². The first-order chi connectivity index (χ1) is 12.5. The lowest BCUT2D eigenvalue weighted by Gasteiger charge is -2.26. The number of nitro benzene ring substituents is 1. The molecule has 0 unspecified atom stereocenters. The Morgan fingerprint density at radius 1 is 1.23 bits per heavy atom. The van der Waals surface area contributed by atoms with Crippen LogP contribution >= 0.6 is 11.6 Å². The van der Waals surface area contributed by atoms with E-state index in [1.807, 2.05) is 24.3 Å². The number of rotatable bonds is 8. The van der Waals surface area contributed by atoms with Crippen LogP contribution in [0.2, 0.25) is 5.02 Å². The molecule has 0 aliphatic rings. The summed E-state index contributed by atoms with van der Waals surface area (Å²) in [4.78, 5) is 16.1. The van der Waals surface area contributed by atoms with Gasteiger partial charge >= 0.3 is 0 Å². The molecule has 0 aromatic heterocycles. The summed E-state index contributed by atoms with van der Waals surface area (Å²) in [6.45, 7) is 6.45. The highest BCUT2D eigenvalue weighted by molar-refractivity contribution is 6.31. The first-order valence-electron chi connectivity index (χ1n) is 8.52. The van der Waals surface area contributed by atoms with E-state index in [-0.39, 0.29) is 23.0 Å². The van der Waals surface area contributed by atoms with E-state index in [1.165, 1.54) is 29.3 Å². The lowest BCUT2D eigenvalue weighted by Crippen LogP contribution is -3.12. The van der Waals surface area contributed by atoms with Crippen LogP contribution in [0.4, 0.5) is 5.69 Å². The molecule has 0 aliphatic heterocycles. The number of aliphatic imine (C=N–C) groups is 1. The first-order valence-corrected chi connectivity index (χ1v) is 8.90. The molecule has 138 valence electrons. The van der Waals surface area contributed by atoms with Crippen LogP contribution in [-0.2, 0) is 0 Å². The second-order valence-corrected chi connectivity index (χ2v) is 6.32. The maximum atomic E-state index is 11.9. The average Bonchev–Trinajstić information content (AvgIpc) is 2.63. The first kappa shape index (κ1) is 19.9. The van der Waals surface area contributed by atoms with Crippen LogP contribution in [0.1, 0.15) is 31.0 Å². The monoisotopic (exact) mass is 375 g/mol. The van der Waals surface area contributed by atoms with Gasteiger partial charge in [0.05, 0.1) is 24.6 Å². The normalized spacial score (nSPS) is 12.6. The largest absolute Gasteiger partial charge is 0.872 e. The Kier molecular flexibility index (Phi) is 7.12. The number of likely N-dealkylation sites (N-methyl/N-ethyl adjacent to an activating group) is 1. The Morgan fingerprint density at radius 2 is 1.92 bits per heavy atom. The SMILES string of the molecule is CC[NH+](CC)[C@@H](CN=Cc1cc([N+](=O)[O-])ccc1[O-])c1ccccc1Cl. The zero-order valence-corrected chi connectivity index (χ0v) is 15.6. The van der Waals surface area contributed by atoms with Crippen molar-refractivity contribution in [3.63, 3.8) is 0 Å². The van der Waals surface area contributed by atoms with E-state index in [0.717, 1.165) is 18.7 Å². The average molecular weight is 376 g/mol. The summed E-state index contributed by atoms with van der Waals surface area (Å²) in [5, 5.41) is 23.5. The Balaban J connectivity index is 2.27. The van der Waals surface area contributed by atoms with Crippen molar-refractivity contribution in [2.75, 3.05) is 19.6 Å². The highest BCUT2D eigenvalue weighted by atomic mass is 35.5. The molecule has 26 heavy (non-hydrogen) atoms. The van der Waals surface area contributed by atoms with Gasteiger partial charge in [-0.3, -0.25) is 15.1 Å².